The maximum atomic E-state index is 11.1. The lowest BCUT2D eigenvalue weighted by Gasteiger charge is -2.08. The van der Waals surface area contributed by atoms with Crippen LogP contribution in [0.15, 0.2) is 24.3 Å². The van der Waals surface area contributed by atoms with E-state index < -0.39 is 5.54 Å². The number of hydrogen-bond acceptors (Lipinski definition) is 7. The molecule has 3 rings (SSSR count). The van der Waals surface area contributed by atoms with Crippen LogP contribution in [-0.2, 0) is 9.59 Å². The number of methoxy groups -OCH3 is 1. The monoisotopic (exact) mass is 412 g/mol. The molecule has 29 heavy (non-hydrogen) atoms. The number of nitrogens with one attached hydrogen (secondary N) is 3. The third kappa shape index (κ3) is 13.6. The molecule has 1 atom stereocenters. The Balaban J connectivity index is 0.000000392. The summed E-state index contributed by atoms with van der Waals surface area (Å²) < 4.78 is 4.97. The van der Waals surface area contributed by atoms with E-state index in [1.165, 1.54) is 5.56 Å². The minimum absolute atomic E-state index is 0.00671. The molecule has 2 fully saturated rings. The number of carboxylic acid groups (broad SMARTS) is 1. The van der Waals surface area contributed by atoms with Crippen LogP contribution in [0.1, 0.15) is 24.8 Å². The zero-order valence-corrected chi connectivity index (χ0v) is 17.6. The van der Waals surface area contributed by atoms with Crippen LogP contribution < -0.4 is 26.4 Å². The number of carbonyl (C=O) groups excluding carboxylic acids is 1. The van der Waals surface area contributed by atoms with Gasteiger partial charge in [0.25, 0.3) is 6.47 Å². The van der Waals surface area contributed by atoms with Crippen molar-refractivity contribution in [3.63, 3.8) is 0 Å². The summed E-state index contributed by atoms with van der Waals surface area (Å²) in [7, 11) is 3.52. The van der Waals surface area contributed by atoms with E-state index in [9.17, 15) is 4.79 Å². The summed E-state index contributed by atoms with van der Waals surface area (Å²) in [6, 6.07) is 7.96. The fourth-order valence-corrected chi connectivity index (χ4v) is 2.15. The summed E-state index contributed by atoms with van der Waals surface area (Å²) in [4.78, 5) is 19.5. The number of nitrogens with two attached hydrogens (primary N) is 1. The lowest BCUT2D eigenvalue weighted by atomic mass is 10.2. The van der Waals surface area contributed by atoms with Gasteiger partial charge in [-0.1, -0.05) is 17.7 Å². The van der Waals surface area contributed by atoms with Crippen molar-refractivity contribution in [1.29, 1.82) is 0 Å². The van der Waals surface area contributed by atoms with Gasteiger partial charge in [-0.2, -0.15) is 0 Å². The first-order valence-electron chi connectivity index (χ1n) is 9.62. The number of likely N-dealkylation sites (N-methyl/N-ethyl adjacent to an activating group) is 1. The zero-order valence-electron chi connectivity index (χ0n) is 17.6. The maximum absolute atomic E-state index is 11.1. The fraction of sp³-hybridized carbons (Fsp3) is 0.600. The Morgan fingerprint density at radius 3 is 2.28 bits per heavy atom. The Morgan fingerprint density at radius 1 is 1.34 bits per heavy atom. The van der Waals surface area contributed by atoms with Gasteiger partial charge in [-0.15, -0.1) is 0 Å². The highest BCUT2D eigenvalue weighted by Crippen LogP contribution is 2.31. The van der Waals surface area contributed by atoms with Crippen LogP contribution >= 0.6 is 0 Å². The molecule has 0 bridgehead atoms. The van der Waals surface area contributed by atoms with Crippen LogP contribution in [-0.4, -0.2) is 74.6 Å². The second kappa shape index (κ2) is 15.7. The number of amides is 1. The Hall–Kier alpha value is -2.20. The van der Waals surface area contributed by atoms with Crippen molar-refractivity contribution < 1.29 is 24.5 Å². The van der Waals surface area contributed by atoms with E-state index >= 15 is 0 Å². The van der Waals surface area contributed by atoms with Crippen LogP contribution in [0.5, 0.6) is 5.75 Å². The van der Waals surface area contributed by atoms with Crippen molar-refractivity contribution in [2.75, 3.05) is 40.3 Å². The molecule has 1 aliphatic heterocycles. The molecule has 1 heterocycles. The van der Waals surface area contributed by atoms with Gasteiger partial charge in [0.05, 0.1) is 18.8 Å². The van der Waals surface area contributed by atoms with Crippen LogP contribution in [0.25, 0.3) is 0 Å². The number of β-amino-alcohol motifs (C(OH)–C–C–N with tert-alkyl or cyclic N) is 1. The molecule has 9 nitrogen and oxygen atoms in total. The second-order valence-corrected chi connectivity index (χ2v) is 6.78. The van der Waals surface area contributed by atoms with Crippen molar-refractivity contribution in [2.24, 2.45) is 5.73 Å². The normalized spacial score (nSPS) is 17.8. The van der Waals surface area contributed by atoms with E-state index in [1.54, 1.807) is 7.11 Å². The van der Waals surface area contributed by atoms with Crippen LogP contribution in [0, 0.1) is 6.92 Å². The summed E-state index contributed by atoms with van der Waals surface area (Å²) in [5, 5.41) is 24.3. The Morgan fingerprint density at radius 2 is 1.93 bits per heavy atom. The highest BCUT2D eigenvalue weighted by molar-refractivity contribution is 5.88. The van der Waals surface area contributed by atoms with Gasteiger partial charge in [-0.3, -0.25) is 9.59 Å². The molecule has 1 unspecified atom stereocenters. The minimum Gasteiger partial charge on any atom is -0.497 e. The van der Waals surface area contributed by atoms with E-state index in [2.05, 4.69) is 22.9 Å². The van der Waals surface area contributed by atoms with Gasteiger partial charge in [0.15, 0.2) is 0 Å². The van der Waals surface area contributed by atoms with Gasteiger partial charge in [0, 0.05) is 19.6 Å². The van der Waals surface area contributed by atoms with Crippen LogP contribution in [0.3, 0.4) is 0 Å². The molecule has 1 aliphatic carbocycles. The first-order chi connectivity index (χ1) is 13.8. The fourth-order valence-electron chi connectivity index (χ4n) is 2.15. The highest BCUT2D eigenvalue weighted by atomic mass is 16.5. The Kier molecular flexibility index (Phi) is 14.5. The molecule has 1 saturated carbocycles. The SMILES string of the molecule is CNCCNC(=O)C1(N)CC1.COc1ccc(C)cc1.O=CO.OC1CCNC1. The van der Waals surface area contributed by atoms with Gasteiger partial charge in [-0.25, -0.2) is 0 Å². The first-order valence-corrected chi connectivity index (χ1v) is 9.62. The highest BCUT2D eigenvalue weighted by Gasteiger charge is 2.45. The quantitative estimate of drug-likeness (QED) is 0.289. The predicted molar refractivity (Wildman–Crippen MR) is 113 cm³/mol. The van der Waals surface area contributed by atoms with Gasteiger partial charge >= 0.3 is 0 Å². The molecule has 1 aromatic rings. The predicted octanol–water partition coefficient (Wildman–Crippen LogP) is -0.142. The average molecular weight is 413 g/mol. The molecule has 7 N–H and O–H groups in total. The van der Waals surface area contributed by atoms with Gasteiger partial charge in [-0.05, 0) is 51.9 Å². The molecule has 2 aliphatic rings. The third-order valence-corrected chi connectivity index (χ3v) is 4.19. The summed E-state index contributed by atoms with van der Waals surface area (Å²) >= 11 is 0. The molecule has 0 spiro atoms. The Labute approximate surface area is 173 Å². The number of hydrogen-bond donors (Lipinski definition) is 6. The van der Waals surface area contributed by atoms with E-state index in [0.29, 0.717) is 6.54 Å². The van der Waals surface area contributed by atoms with Gasteiger partial charge in [0.1, 0.15) is 5.75 Å². The summed E-state index contributed by atoms with van der Waals surface area (Å²) in [5.41, 5.74) is 6.38. The topological polar surface area (TPSA) is 146 Å². The average Bonchev–Trinajstić information content (AvgIpc) is 3.28. The molecule has 0 aromatic heterocycles. The van der Waals surface area contributed by atoms with E-state index in [-0.39, 0.29) is 18.5 Å². The second-order valence-electron chi connectivity index (χ2n) is 6.78. The summed E-state index contributed by atoms with van der Waals surface area (Å²) in [5.74, 6) is 0.911. The van der Waals surface area contributed by atoms with Crippen molar-refractivity contribution >= 4 is 12.4 Å². The largest absolute Gasteiger partial charge is 0.497 e. The molecule has 166 valence electrons. The zero-order chi connectivity index (χ0) is 22.1. The van der Waals surface area contributed by atoms with E-state index in [1.807, 2.05) is 31.3 Å². The van der Waals surface area contributed by atoms with Crippen molar-refractivity contribution in [3.8, 4) is 5.75 Å². The Bertz CT molecular complexity index is 558. The lowest BCUT2D eigenvalue weighted by Crippen LogP contribution is -2.44. The van der Waals surface area contributed by atoms with Gasteiger partial charge in [0.2, 0.25) is 5.91 Å². The number of aliphatic hydroxyl groups is 1. The summed E-state index contributed by atoms with van der Waals surface area (Å²) in [6.07, 6.45) is 2.53. The molecule has 1 aromatic carbocycles. The molecule has 0 radical (unpaired) electrons. The number of benzene rings is 1. The molecule has 1 amide bonds. The van der Waals surface area contributed by atoms with E-state index in [0.717, 1.165) is 44.6 Å². The van der Waals surface area contributed by atoms with Crippen molar-refractivity contribution in [3.05, 3.63) is 29.8 Å². The number of carbonyl (C=O) groups is 2. The molecule has 1 saturated heterocycles. The van der Waals surface area contributed by atoms with Crippen molar-refractivity contribution in [1.82, 2.24) is 16.0 Å². The third-order valence-electron chi connectivity index (χ3n) is 4.19. The summed E-state index contributed by atoms with van der Waals surface area (Å²) in [6.45, 7) is 5.04. The number of rotatable bonds is 5. The van der Waals surface area contributed by atoms with Crippen LogP contribution in [0.2, 0.25) is 0 Å². The molecular formula is C20H36N4O5. The standard InChI is InChI=1S/C8H10O.C7H15N3O.C4H9NO.CH2O2/c1-7-3-5-8(9-2)6-4-7;1-9-4-5-10-6(11)7(8)2-3-7;6-4-1-2-5-3-4;2-1-3/h3-6H,1-2H3;9H,2-5,8H2,1H3,(H,10,11);4-6H,1-3H2;1H,(H,2,3). The minimum atomic E-state index is -0.520. The van der Waals surface area contributed by atoms with E-state index in [4.69, 9.17) is 25.5 Å². The molecule has 9 heteroatoms. The number of aryl methyl sites for hydroxylation is 1. The smallest absolute Gasteiger partial charge is 0.290 e. The van der Waals surface area contributed by atoms with Crippen molar-refractivity contribution in [2.45, 2.75) is 37.8 Å². The number of ether oxygens (including phenoxy) is 1. The molecular weight excluding hydrogens is 376 g/mol. The van der Waals surface area contributed by atoms with Crippen LogP contribution in [0.4, 0.5) is 0 Å². The lowest BCUT2D eigenvalue weighted by molar-refractivity contribution is -0.123. The maximum Gasteiger partial charge on any atom is 0.290 e. The van der Waals surface area contributed by atoms with Gasteiger partial charge < -0.3 is 36.6 Å². The number of aliphatic hydroxyl groups excluding tert-OH is 1. The first kappa shape index (κ1) is 26.8.